The van der Waals surface area contributed by atoms with Crippen LogP contribution in [0.1, 0.15) is 12.6 Å². The monoisotopic (exact) mass is 297 g/mol. The maximum absolute atomic E-state index is 11.4. The predicted octanol–water partition coefficient (Wildman–Crippen LogP) is 1.57. The summed E-state index contributed by atoms with van der Waals surface area (Å²) in [7, 11) is 1.86. The van der Waals surface area contributed by atoms with Crippen molar-refractivity contribution in [3.63, 3.8) is 0 Å². The van der Waals surface area contributed by atoms with Crippen molar-refractivity contribution >= 4 is 27.3 Å². The molecule has 6 nitrogen and oxygen atoms in total. The highest BCUT2D eigenvalue weighted by Crippen LogP contribution is 2.23. The Labute approximate surface area is 106 Å². The Balaban J connectivity index is 2.37. The number of anilines is 2. The van der Waals surface area contributed by atoms with Crippen LogP contribution < -0.4 is 10.9 Å². The largest absolute Gasteiger partial charge is 0.350 e. The first-order valence-corrected chi connectivity index (χ1v) is 5.93. The fourth-order valence-corrected chi connectivity index (χ4v) is 1.81. The maximum atomic E-state index is 11.4. The van der Waals surface area contributed by atoms with Crippen LogP contribution >= 0.6 is 15.9 Å². The van der Waals surface area contributed by atoms with Gasteiger partial charge >= 0.3 is 0 Å². The van der Waals surface area contributed by atoms with Gasteiger partial charge in [-0.25, -0.2) is 5.10 Å². The smallest absolute Gasteiger partial charge is 0.280 e. The Kier molecular flexibility index (Phi) is 3.28. The van der Waals surface area contributed by atoms with Crippen molar-refractivity contribution in [2.45, 2.75) is 13.3 Å². The van der Waals surface area contributed by atoms with E-state index in [1.807, 2.05) is 20.2 Å². The van der Waals surface area contributed by atoms with Crippen LogP contribution in [0.5, 0.6) is 0 Å². The zero-order valence-electron chi connectivity index (χ0n) is 9.49. The molecule has 0 atom stereocenters. The van der Waals surface area contributed by atoms with Crippen LogP contribution in [0, 0.1) is 0 Å². The quantitative estimate of drug-likeness (QED) is 0.902. The van der Waals surface area contributed by atoms with E-state index in [9.17, 15) is 4.79 Å². The first kappa shape index (κ1) is 11.8. The van der Waals surface area contributed by atoms with Gasteiger partial charge in [0.15, 0.2) is 0 Å². The number of rotatable bonds is 3. The number of nitrogens with one attached hydrogen (secondary N) is 2. The third-order valence-corrected chi connectivity index (χ3v) is 3.09. The lowest BCUT2D eigenvalue weighted by Crippen LogP contribution is -2.10. The molecule has 0 amide bonds. The molecule has 90 valence electrons. The summed E-state index contributed by atoms with van der Waals surface area (Å²) in [6.45, 7) is 2.03. The zero-order chi connectivity index (χ0) is 12.4. The maximum Gasteiger partial charge on any atom is 0.280 e. The molecule has 0 aliphatic rings. The molecule has 0 radical (unpaired) electrons. The highest BCUT2D eigenvalue weighted by Gasteiger charge is 2.09. The molecule has 0 aliphatic heterocycles. The number of aromatic nitrogens is 4. The van der Waals surface area contributed by atoms with Crippen molar-refractivity contribution in [3.05, 3.63) is 32.9 Å². The molecule has 0 fully saturated rings. The molecule has 2 aromatic heterocycles. The molecule has 0 aromatic carbocycles. The van der Waals surface area contributed by atoms with Gasteiger partial charge in [0.2, 0.25) is 0 Å². The Morgan fingerprint density at radius 3 is 3.00 bits per heavy atom. The molecule has 7 heteroatoms. The minimum absolute atomic E-state index is 0.267. The lowest BCUT2D eigenvalue weighted by molar-refractivity contribution is 0.746. The minimum atomic E-state index is -0.267. The molecule has 0 bridgehead atoms. The second-order valence-corrected chi connectivity index (χ2v) is 4.36. The summed E-state index contributed by atoms with van der Waals surface area (Å²) < 4.78 is 2.16. The SMILES string of the molecule is CCc1nn(C)cc1Nc1cn[nH]c(=O)c1Br. The molecule has 0 aliphatic carbocycles. The number of hydrogen-bond donors (Lipinski definition) is 2. The summed E-state index contributed by atoms with van der Waals surface area (Å²) in [6.07, 6.45) is 4.24. The second-order valence-electron chi connectivity index (χ2n) is 3.57. The zero-order valence-corrected chi connectivity index (χ0v) is 11.1. The number of H-pyrrole nitrogens is 1. The average Bonchev–Trinajstić information content (AvgIpc) is 2.65. The van der Waals surface area contributed by atoms with Gasteiger partial charge in [-0.2, -0.15) is 10.2 Å². The van der Waals surface area contributed by atoms with Gasteiger partial charge in [-0.1, -0.05) is 6.92 Å². The van der Waals surface area contributed by atoms with E-state index in [4.69, 9.17) is 0 Å². The molecule has 0 spiro atoms. The highest BCUT2D eigenvalue weighted by atomic mass is 79.9. The van der Waals surface area contributed by atoms with Gasteiger partial charge in [-0.05, 0) is 22.4 Å². The number of halogens is 1. The molecule has 2 aromatic rings. The molecule has 0 saturated carbocycles. The van der Waals surface area contributed by atoms with E-state index in [-0.39, 0.29) is 5.56 Å². The Morgan fingerprint density at radius 2 is 2.29 bits per heavy atom. The highest BCUT2D eigenvalue weighted by molar-refractivity contribution is 9.10. The van der Waals surface area contributed by atoms with Crippen LogP contribution in [-0.4, -0.2) is 20.0 Å². The lowest BCUT2D eigenvalue weighted by atomic mass is 10.3. The lowest BCUT2D eigenvalue weighted by Gasteiger charge is -2.05. The number of hydrogen-bond acceptors (Lipinski definition) is 4. The van der Waals surface area contributed by atoms with Crippen LogP contribution in [-0.2, 0) is 13.5 Å². The van der Waals surface area contributed by atoms with Gasteiger partial charge in [0.05, 0.1) is 23.3 Å². The summed E-state index contributed by atoms with van der Waals surface area (Å²) >= 11 is 3.22. The van der Waals surface area contributed by atoms with Gasteiger partial charge in [0.1, 0.15) is 4.47 Å². The van der Waals surface area contributed by atoms with E-state index in [2.05, 4.69) is 36.5 Å². The first-order valence-electron chi connectivity index (χ1n) is 5.14. The Morgan fingerprint density at radius 1 is 1.53 bits per heavy atom. The standard InChI is InChI=1S/C10H12BrN5O/c1-3-6-8(5-16(2)15-6)13-7-4-12-14-10(17)9(7)11/h4-5H,3H2,1-2H3,(H2,13,14,17). The molecule has 2 N–H and O–H groups in total. The predicted molar refractivity (Wildman–Crippen MR) is 68.4 cm³/mol. The van der Waals surface area contributed by atoms with Crippen molar-refractivity contribution < 1.29 is 0 Å². The topological polar surface area (TPSA) is 75.6 Å². The summed E-state index contributed by atoms with van der Waals surface area (Å²) in [4.78, 5) is 11.4. The molecule has 17 heavy (non-hydrogen) atoms. The van der Waals surface area contributed by atoms with Gasteiger partial charge in [0, 0.05) is 13.2 Å². The number of aromatic amines is 1. The molecule has 2 heterocycles. The minimum Gasteiger partial charge on any atom is -0.350 e. The van der Waals surface area contributed by atoms with Gasteiger partial charge in [0.25, 0.3) is 5.56 Å². The summed E-state index contributed by atoms with van der Waals surface area (Å²) in [5.74, 6) is 0. The number of nitrogens with zero attached hydrogens (tertiary/aromatic N) is 3. The third-order valence-electron chi connectivity index (χ3n) is 2.31. The van der Waals surface area contributed by atoms with Gasteiger partial charge < -0.3 is 5.32 Å². The van der Waals surface area contributed by atoms with Crippen molar-refractivity contribution in [2.75, 3.05) is 5.32 Å². The molecular weight excluding hydrogens is 286 g/mol. The Hall–Kier alpha value is -1.63. The summed E-state index contributed by atoms with van der Waals surface area (Å²) in [5.41, 5.74) is 2.18. The van der Waals surface area contributed by atoms with Crippen LogP contribution in [0.3, 0.4) is 0 Å². The number of aryl methyl sites for hydroxylation is 2. The normalized spacial score (nSPS) is 10.5. The van der Waals surface area contributed by atoms with E-state index >= 15 is 0 Å². The van der Waals surface area contributed by atoms with Crippen molar-refractivity contribution in [1.82, 2.24) is 20.0 Å². The third kappa shape index (κ3) is 2.38. The van der Waals surface area contributed by atoms with Crippen LogP contribution in [0.2, 0.25) is 0 Å². The molecule has 2 rings (SSSR count). The summed E-state index contributed by atoms with van der Waals surface area (Å²) in [5, 5.41) is 13.5. The fraction of sp³-hybridized carbons (Fsp3) is 0.300. The van der Waals surface area contributed by atoms with Crippen LogP contribution in [0.25, 0.3) is 0 Å². The van der Waals surface area contributed by atoms with Gasteiger partial charge in [-0.3, -0.25) is 9.48 Å². The van der Waals surface area contributed by atoms with E-state index in [0.29, 0.717) is 10.2 Å². The van der Waals surface area contributed by atoms with E-state index < -0.39 is 0 Å². The Bertz CT molecular complexity index is 589. The summed E-state index contributed by atoms with van der Waals surface area (Å²) in [6, 6.07) is 0. The van der Waals surface area contributed by atoms with Crippen molar-refractivity contribution in [3.8, 4) is 0 Å². The molecular formula is C10H12BrN5O. The van der Waals surface area contributed by atoms with Crippen LogP contribution in [0.15, 0.2) is 21.7 Å². The average molecular weight is 298 g/mol. The second kappa shape index (κ2) is 4.70. The van der Waals surface area contributed by atoms with E-state index in [0.717, 1.165) is 17.8 Å². The van der Waals surface area contributed by atoms with Crippen molar-refractivity contribution in [1.29, 1.82) is 0 Å². The molecule has 0 saturated heterocycles. The van der Waals surface area contributed by atoms with Crippen molar-refractivity contribution in [2.24, 2.45) is 7.05 Å². The van der Waals surface area contributed by atoms with Crippen LogP contribution in [0.4, 0.5) is 11.4 Å². The van der Waals surface area contributed by atoms with E-state index in [1.165, 1.54) is 0 Å². The fourth-order valence-electron chi connectivity index (χ4n) is 1.52. The molecule has 0 unspecified atom stereocenters. The van der Waals surface area contributed by atoms with E-state index in [1.54, 1.807) is 10.9 Å². The first-order chi connectivity index (χ1) is 8.11. The van der Waals surface area contributed by atoms with Gasteiger partial charge in [-0.15, -0.1) is 0 Å².